The number of amides is 2. The number of nitrogens with zero attached hydrogens (tertiary/aromatic N) is 3. The van der Waals surface area contributed by atoms with E-state index >= 15 is 0 Å². The highest BCUT2D eigenvalue weighted by Crippen LogP contribution is 2.35. The average molecular weight is 433 g/mol. The number of anilines is 1. The van der Waals surface area contributed by atoms with Crippen molar-refractivity contribution in [2.45, 2.75) is 77.7 Å². The highest BCUT2D eigenvalue weighted by Gasteiger charge is 2.31. The zero-order chi connectivity index (χ0) is 21.1. The van der Waals surface area contributed by atoms with Gasteiger partial charge in [-0.15, -0.1) is 11.3 Å². The lowest BCUT2D eigenvalue weighted by molar-refractivity contribution is -0.134. The number of thiazole rings is 1. The van der Waals surface area contributed by atoms with E-state index in [1.807, 2.05) is 18.7 Å². The molecule has 0 spiro atoms. The summed E-state index contributed by atoms with van der Waals surface area (Å²) < 4.78 is 0. The molecule has 1 aromatic heterocycles. The predicted molar refractivity (Wildman–Crippen MR) is 121 cm³/mol. The number of piperazine rings is 1. The van der Waals surface area contributed by atoms with Gasteiger partial charge in [0.1, 0.15) is 0 Å². The van der Waals surface area contributed by atoms with Gasteiger partial charge < -0.3 is 15.1 Å². The molecule has 1 saturated carbocycles. The fraction of sp³-hybridized carbons (Fsp3) is 0.783. The Morgan fingerprint density at radius 3 is 2.40 bits per heavy atom. The Kier molecular flexibility index (Phi) is 6.96. The molecular weight excluding hydrogens is 396 g/mol. The van der Waals surface area contributed by atoms with E-state index in [1.54, 1.807) is 11.3 Å². The zero-order valence-electron chi connectivity index (χ0n) is 18.5. The summed E-state index contributed by atoms with van der Waals surface area (Å²) in [5, 5.41) is 4.42. The highest BCUT2D eigenvalue weighted by atomic mass is 32.1. The number of aromatic nitrogens is 1. The smallest absolute Gasteiger partial charge is 0.225 e. The Hall–Kier alpha value is -1.63. The van der Waals surface area contributed by atoms with Crippen molar-refractivity contribution in [1.29, 1.82) is 0 Å². The topological polar surface area (TPSA) is 65.5 Å². The van der Waals surface area contributed by atoms with Crippen molar-refractivity contribution >= 4 is 28.3 Å². The van der Waals surface area contributed by atoms with Crippen LogP contribution in [0, 0.1) is 11.8 Å². The molecule has 1 aliphatic heterocycles. The first-order valence-corrected chi connectivity index (χ1v) is 12.7. The van der Waals surface area contributed by atoms with E-state index in [2.05, 4.69) is 10.2 Å². The maximum Gasteiger partial charge on any atom is 0.225 e. The first kappa shape index (κ1) is 21.6. The minimum absolute atomic E-state index is 0.0600. The number of rotatable bonds is 4. The third kappa shape index (κ3) is 4.98. The summed E-state index contributed by atoms with van der Waals surface area (Å²) in [7, 11) is 0. The summed E-state index contributed by atoms with van der Waals surface area (Å²) in [4.78, 5) is 35.6. The van der Waals surface area contributed by atoms with E-state index in [1.165, 1.54) is 36.3 Å². The standard InChI is InChI=1S/C23H36N4O2S/c1-16(2)22(29)26-11-13-27(14-12-26)23-25-19-10-9-17(15-20(19)30-23)21(28)24-18-7-5-3-4-6-8-18/h16-18H,3-15H2,1-2H3,(H,24,28)/t17-/m1/s1. The van der Waals surface area contributed by atoms with Crippen LogP contribution in [0.5, 0.6) is 0 Å². The van der Waals surface area contributed by atoms with Gasteiger partial charge in [0.25, 0.3) is 0 Å². The molecule has 1 saturated heterocycles. The summed E-state index contributed by atoms with van der Waals surface area (Å²) in [6.07, 6.45) is 10.0. The van der Waals surface area contributed by atoms with E-state index in [-0.39, 0.29) is 23.7 Å². The van der Waals surface area contributed by atoms with Crippen LogP contribution < -0.4 is 10.2 Å². The van der Waals surface area contributed by atoms with Gasteiger partial charge in [-0.05, 0) is 32.1 Å². The van der Waals surface area contributed by atoms with Crippen LogP contribution in [0.2, 0.25) is 0 Å². The van der Waals surface area contributed by atoms with E-state index in [0.717, 1.165) is 63.4 Å². The molecule has 3 aliphatic rings. The molecule has 1 atom stereocenters. The van der Waals surface area contributed by atoms with Crippen LogP contribution in [0.4, 0.5) is 5.13 Å². The molecule has 0 bridgehead atoms. The molecule has 7 heteroatoms. The molecule has 2 fully saturated rings. The number of aryl methyl sites for hydroxylation is 1. The van der Waals surface area contributed by atoms with Crippen molar-refractivity contribution in [3.8, 4) is 0 Å². The van der Waals surface area contributed by atoms with Crippen LogP contribution in [-0.2, 0) is 22.4 Å². The molecule has 0 unspecified atom stereocenters. The summed E-state index contributed by atoms with van der Waals surface area (Å²) in [6, 6.07) is 0.378. The highest BCUT2D eigenvalue weighted by molar-refractivity contribution is 7.15. The molecule has 1 aromatic rings. The predicted octanol–water partition coefficient (Wildman–Crippen LogP) is 3.39. The Labute approximate surface area is 184 Å². The summed E-state index contributed by atoms with van der Waals surface area (Å²) in [6.45, 7) is 7.16. The van der Waals surface area contributed by atoms with Crippen LogP contribution in [0.15, 0.2) is 0 Å². The van der Waals surface area contributed by atoms with Crippen LogP contribution in [0.25, 0.3) is 0 Å². The number of fused-ring (bicyclic) bond motifs is 1. The lowest BCUT2D eigenvalue weighted by Gasteiger charge is -2.35. The quantitative estimate of drug-likeness (QED) is 0.741. The van der Waals surface area contributed by atoms with Crippen molar-refractivity contribution in [3.05, 3.63) is 10.6 Å². The van der Waals surface area contributed by atoms with Crippen molar-refractivity contribution < 1.29 is 9.59 Å². The van der Waals surface area contributed by atoms with Crippen LogP contribution in [0.1, 0.15) is 69.4 Å². The number of hydrogen-bond acceptors (Lipinski definition) is 5. The van der Waals surface area contributed by atoms with Crippen molar-refractivity contribution in [2.24, 2.45) is 11.8 Å². The molecule has 0 aromatic carbocycles. The van der Waals surface area contributed by atoms with Gasteiger partial charge in [0.15, 0.2) is 5.13 Å². The van der Waals surface area contributed by atoms with Crippen LogP contribution in [-0.4, -0.2) is 53.9 Å². The second-order valence-corrected chi connectivity index (χ2v) is 10.5. The number of hydrogen-bond donors (Lipinski definition) is 1. The van der Waals surface area contributed by atoms with Gasteiger partial charge in [-0.25, -0.2) is 4.98 Å². The van der Waals surface area contributed by atoms with Gasteiger partial charge in [-0.2, -0.15) is 0 Å². The van der Waals surface area contributed by atoms with Crippen molar-refractivity contribution in [1.82, 2.24) is 15.2 Å². The fourth-order valence-corrected chi connectivity index (χ4v) is 6.18. The monoisotopic (exact) mass is 432 g/mol. The Balaban J connectivity index is 1.32. The first-order chi connectivity index (χ1) is 14.5. The van der Waals surface area contributed by atoms with Gasteiger partial charge in [-0.3, -0.25) is 9.59 Å². The number of carbonyl (C=O) groups excluding carboxylic acids is 2. The van der Waals surface area contributed by atoms with E-state index in [9.17, 15) is 9.59 Å². The molecule has 0 radical (unpaired) electrons. The molecule has 2 aliphatic carbocycles. The molecule has 1 N–H and O–H groups in total. The molecule has 30 heavy (non-hydrogen) atoms. The summed E-state index contributed by atoms with van der Waals surface area (Å²) >= 11 is 1.76. The molecule has 6 nitrogen and oxygen atoms in total. The average Bonchev–Trinajstić information content (AvgIpc) is 3.02. The Bertz CT molecular complexity index is 746. The zero-order valence-corrected chi connectivity index (χ0v) is 19.3. The van der Waals surface area contributed by atoms with E-state index < -0.39 is 0 Å². The fourth-order valence-electron chi connectivity index (χ4n) is 4.95. The van der Waals surface area contributed by atoms with Gasteiger partial charge >= 0.3 is 0 Å². The SMILES string of the molecule is CC(C)C(=O)N1CCN(c2nc3c(s2)C[C@H](C(=O)NC2CCCCCC2)CC3)CC1. The lowest BCUT2D eigenvalue weighted by atomic mass is 9.90. The van der Waals surface area contributed by atoms with E-state index in [0.29, 0.717) is 6.04 Å². The maximum atomic E-state index is 12.9. The Morgan fingerprint density at radius 2 is 1.73 bits per heavy atom. The minimum Gasteiger partial charge on any atom is -0.353 e. The third-order valence-corrected chi connectivity index (χ3v) is 8.04. The molecule has 4 rings (SSSR count). The maximum absolute atomic E-state index is 12.9. The van der Waals surface area contributed by atoms with Gasteiger partial charge in [0, 0.05) is 48.9 Å². The second-order valence-electron chi connectivity index (χ2n) is 9.47. The first-order valence-electron chi connectivity index (χ1n) is 11.8. The van der Waals surface area contributed by atoms with E-state index in [4.69, 9.17) is 4.98 Å². The summed E-state index contributed by atoms with van der Waals surface area (Å²) in [5.74, 6) is 0.651. The van der Waals surface area contributed by atoms with Gasteiger partial charge in [0.2, 0.25) is 11.8 Å². The largest absolute Gasteiger partial charge is 0.353 e. The minimum atomic E-state index is 0.0600. The molecule has 166 valence electrons. The van der Waals surface area contributed by atoms with Crippen LogP contribution in [0.3, 0.4) is 0 Å². The number of carbonyl (C=O) groups is 2. The lowest BCUT2D eigenvalue weighted by Crippen LogP contribution is -2.49. The van der Waals surface area contributed by atoms with Crippen molar-refractivity contribution in [3.63, 3.8) is 0 Å². The Morgan fingerprint density at radius 1 is 1.03 bits per heavy atom. The normalized spacial score (nSPS) is 23.2. The second kappa shape index (κ2) is 9.67. The van der Waals surface area contributed by atoms with Crippen LogP contribution >= 0.6 is 11.3 Å². The molecule has 2 amide bonds. The molecular formula is C23H36N4O2S. The van der Waals surface area contributed by atoms with Gasteiger partial charge in [-0.1, -0.05) is 39.5 Å². The third-order valence-electron chi connectivity index (χ3n) is 6.86. The van der Waals surface area contributed by atoms with Gasteiger partial charge in [0.05, 0.1) is 5.69 Å². The number of nitrogens with one attached hydrogen (secondary N) is 1. The molecule has 2 heterocycles. The summed E-state index contributed by atoms with van der Waals surface area (Å²) in [5.41, 5.74) is 1.19. The van der Waals surface area contributed by atoms with Crippen molar-refractivity contribution in [2.75, 3.05) is 31.1 Å².